The lowest BCUT2D eigenvalue weighted by Gasteiger charge is -2.12. The van der Waals surface area contributed by atoms with E-state index in [2.05, 4.69) is 20.9 Å². The van der Waals surface area contributed by atoms with Crippen LogP contribution in [0.25, 0.3) is 0 Å². The molecular weight excluding hydrogens is 430 g/mol. The Kier molecular flexibility index (Phi) is 7.46. The highest BCUT2D eigenvalue weighted by atomic mass is 35.7. The molecule has 2 aromatic rings. The van der Waals surface area contributed by atoms with E-state index in [1.165, 1.54) is 25.3 Å². The number of nitrogens with zero attached hydrogens (tertiary/aromatic N) is 1. The maximum absolute atomic E-state index is 14.6. The van der Waals surface area contributed by atoms with E-state index in [0.717, 1.165) is 12.1 Å². The van der Waals surface area contributed by atoms with Crippen LogP contribution in [0.15, 0.2) is 30.5 Å². The lowest BCUT2D eigenvalue weighted by atomic mass is 10.1. The Labute approximate surface area is 170 Å². The van der Waals surface area contributed by atoms with E-state index in [0.29, 0.717) is 0 Å². The highest BCUT2D eigenvalue weighted by molar-refractivity contribution is 8.13. The third-order valence-electron chi connectivity index (χ3n) is 3.52. The molecule has 0 spiro atoms. The Bertz CT molecular complexity index is 1020. The number of carbonyl (C=O) groups excluding carboxylic acids is 2. The molecule has 2 amide bonds. The normalized spacial score (nSPS) is 11.0. The summed E-state index contributed by atoms with van der Waals surface area (Å²) in [6.45, 7) is 1.35. The van der Waals surface area contributed by atoms with E-state index in [9.17, 15) is 26.8 Å². The van der Waals surface area contributed by atoms with Crippen LogP contribution in [0.1, 0.15) is 23.7 Å². The average Bonchev–Trinajstić information content (AvgIpc) is 2.61. The predicted octanol–water partition coefficient (Wildman–Crippen LogP) is 2.94. The number of aromatic nitrogens is 1. The quantitative estimate of drug-likeness (QED) is 0.424. The third-order valence-corrected chi connectivity index (χ3v) is 4.76. The van der Waals surface area contributed by atoms with Crippen molar-refractivity contribution in [1.82, 2.24) is 4.98 Å². The van der Waals surface area contributed by atoms with Gasteiger partial charge in [-0.25, -0.2) is 22.2 Å². The highest BCUT2D eigenvalue weighted by Gasteiger charge is 2.21. The van der Waals surface area contributed by atoms with Gasteiger partial charge in [0.1, 0.15) is 17.2 Å². The molecule has 2 rings (SSSR count). The Morgan fingerprint density at radius 2 is 1.86 bits per heavy atom. The Balaban J connectivity index is 2.10. The molecule has 1 aromatic carbocycles. The zero-order chi connectivity index (χ0) is 21.6. The van der Waals surface area contributed by atoms with Gasteiger partial charge < -0.3 is 16.0 Å². The van der Waals surface area contributed by atoms with Gasteiger partial charge in [0.2, 0.25) is 15.0 Å². The van der Waals surface area contributed by atoms with Crippen molar-refractivity contribution in [2.24, 2.45) is 0 Å². The first-order chi connectivity index (χ1) is 13.6. The van der Waals surface area contributed by atoms with Crippen molar-refractivity contribution in [3.05, 3.63) is 47.7 Å². The second-order valence-corrected chi connectivity index (χ2v) is 8.77. The van der Waals surface area contributed by atoms with Gasteiger partial charge in [-0.1, -0.05) is 0 Å². The zero-order valence-electron chi connectivity index (χ0n) is 15.1. The van der Waals surface area contributed by atoms with Crippen LogP contribution >= 0.6 is 10.7 Å². The molecule has 0 fully saturated rings. The van der Waals surface area contributed by atoms with E-state index < -0.39 is 32.2 Å². The lowest BCUT2D eigenvalue weighted by Crippen LogP contribution is -2.18. The van der Waals surface area contributed by atoms with Crippen LogP contribution < -0.4 is 16.0 Å². The number of benzene rings is 1. The van der Waals surface area contributed by atoms with Crippen molar-refractivity contribution in [2.45, 2.75) is 13.3 Å². The standard InChI is InChI=1S/C17H17ClF2N4O4S/c1-10(25)23-14-6-3-11(9-22-14)24-17(26)15-12(19)4-5-13(16(15)20)21-7-2-8-29(18,27)28/h3-6,9,21H,2,7-8H2,1H3,(H,24,26)(H,22,23,25). The fourth-order valence-electron chi connectivity index (χ4n) is 2.28. The topological polar surface area (TPSA) is 117 Å². The second-order valence-electron chi connectivity index (χ2n) is 5.87. The van der Waals surface area contributed by atoms with Gasteiger partial charge in [-0.15, -0.1) is 0 Å². The summed E-state index contributed by atoms with van der Waals surface area (Å²) in [7, 11) is 1.41. The molecule has 29 heavy (non-hydrogen) atoms. The van der Waals surface area contributed by atoms with Crippen LogP contribution in [0.3, 0.4) is 0 Å². The number of rotatable bonds is 8. The molecule has 1 heterocycles. The number of amides is 2. The molecule has 0 unspecified atom stereocenters. The van der Waals surface area contributed by atoms with Crippen molar-refractivity contribution >= 4 is 48.7 Å². The van der Waals surface area contributed by atoms with Crippen molar-refractivity contribution in [3.8, 4) is 0 Å². The first-order valence-corrected chi connectivity index (χ1v) is 10.7. The molecule has 8 nitrogen and oxygen atoms in total. The van der Waals surface area contributed by atoms with E-state index in [1.54, 1.807) is 0 Å². The van der Waals surface area contributed by atoms with E-state index in [1.807, 2.05) is 0 Å². The maximum Gasteiger partial charge on any atom is 0.261 e. The van der Waals surface area contributed by atoms with Gasteiger partial charge in [-0.05, 0) is 30.7 Å². The van der Waals surface area contributed by atoms with Gasteiger partial charge in [0.25, 0.3) is 5.91 Å². The molecule has 12 heteroatoms. The van der Waals surface area contributed by atoms with Gasteiger partial charge in [0, 0.05) is 24.2 Å². The second kappa shape index (κ2) is 9.61. The van der Waals surface area contributed by atoms with Crippen LogP contribution in [0.5, 0.6) is 0 Å². The number of nitrogens with one attached hydrogen (secondary N) is 3. The number of halogens is 3. The SMILES string of the molecule is CC(=O)Nc1ccc(NC(=O)c2c(F)ccc(NCCCS(=O)(=O)Cl)c2F)cn1. The molecule has 0 bridgehead atoms. The number of carbonyl (C=O) groups is 2. The van der Waals surface area contributed by atoms with Crippen molar-refractivity contribution in [1.29, 1.82) is 0 Å². The fourth-order valence-corrected chi connectivity index (χ4v) is 3.10. The summed E-state index contributed by atoms with van der Waals surface area (Å²) < 4.78 is 50.4. The molecular formula is C17H17ClF2N4O4S. The summed E-state index contributed by atoms with van der Waals surface area (Å²) in [6, 6.07) is 4.82. The Morgan fingerprint density at radius 3 is 2.45 bits per heavy atom. The van der Waals surface area contributed by atoms with E-state index >= 15 is 0 Å². The minimum Gasteiger partial charge on any atom is -0.383 e. The minimum atomic E-state index is -3.68. The first-order valence-electron chi connectivity index (χ1n) is 8.26. The lowest BCUT2D eigenvalue weighted by molar-refractivity contribution is -0.114. The third kappa shape index (κ3) is 6.95. The van der Waals surface area contributed by atoms with Gasteiger partial charge in [-0.2, -0.15) is 0 Å². The minimum absolute atomic E-state index is 0.0457. The monoisotopic (exact) mass is 446 g/mol. The molecule has 0 aliphatic rings. The molecule has 3 N–H and O–H groups in total. The van der Waals surface area contributed by atoms with Crippen LogP contribution in [0.2, 0.25) is 0 Å². The Morgan fingerprint density at radius 1 is 1.14 bits per heavy atom. The molecule has 0 saturated carbocycles. The fraction of sp³-hybridized carbons (Fsp3) is 0.235. The summed E-state index contributed by atoms with van der Waals surface area (Å²) in [5.41, 5.74) is -0.817. The van der Waals surface area contributed by atoms with Gasteiger partial charge in [0.05, 0.1) is 23.3 Å². The summed E-state index contributed by atoms with van der Waals surface area (Å²) in [6.07, 6.45) is 1.31. The maximum atomic E-state index is 14.6. The van der Waals surface area contributed by atoms with Crippen LogP contribution in [-0.4, -0.2) is 37.5 Å². The summed E-state index contributed by atoms with van der Waals surface area (Å²) in [5, 5.41) is 7.36. The molecule has 1 aromatic heterocycles. The van der Waals surface area contributed by atoms with E-state index in [4.69, 9.17) is 10.7 Å². The number of hydrogen-bond donors (Lipinski definition) is 3. The molecule has 0 aliphatic carbocycles. The average molecular weight is 447 g/mol. The van der Waals surface area contributed by atoms with Gasteiger partial charge >= 0.3 is 0 Å². The summed E-state index contributed by atoms with van der Waals surface area (Å²) >= 11 is 0. The summed E-state index contributed by atoms with van der Waals surface area (Å²) in [5.74, 6) is -3.64. The largest absolute Gasteiger partial charge is 0.383 e. The molecule has 0 radical (unpaired) electrons. The molecule has 0 aliphatic heterocycles. The zero-order valence-corrected chi connectivity index (χ0v) is 16.7. The molecule has 156 valence electrons. The molecule has 0 atom stereocenters. The highest BCUT2D eigenvalue weighted by Crippen LogP contribution is 2.23. The van der Waals surface area contributed by atoms with Crippen LogP contribution in [-0.2, 0) is 13.8 Å². The van der Waals surface area contributed by atoms with Gasteiger partial charge in [0.15, 0.2) is 5.82 Å². The first kappa shape index (κ1) is 22.5. The number of hydrogen-bond acceptors (Lipinski definition) is 6. The van der Waals surface area contributed by atoms with Crippen molar-refractivity contribution in [3.63, 3.8) is 0 Å². The van der Waals surface area contributed by atoms with Crippen LogP contribution in [0, 0.1) is 11.6 Å². The van der Waals surface area contributed by atoms with E-state index in [-0.39, 0.29) is 41.8 Å². The van der Waals surface area contributed by atoms with Gasteiger partial charge in [-0.3, -0.25) is 9.59 Å². The van der Waals surface area contributed by atoms with Crippen molar-refractivity contribution < 1.29 is 26.8 Å². The van der Waals surface area contributed by atoms with Crippen LogP contribution in [0.4, 0.5) is 26.0 Å². The number of pyridine rings is 1. The summed E-state index contributed by atoms with van der Waals surface area (Å²) in [4.78, 5) is 27.2. The Hall–Kier alpha value is -2.79. The smallest absolute Gasteiger partial charge is 0.261 e. The number of anilines is 3. The molecule has 0 saturated heterocycles. The van der Waals surface area contributed by atoms with Crippen molar-refractivity contribution in [2.75, 3.05) is 28.2 Å². The predicted molar refractivity (Wildman–Crippen MR) is 106 cm³/mol.